The number of carbonyl (C=O) groups is 2. The summed E-state index contributed by atoms with van der Waals surface area (Å²) in [6.45, 7) is 0.0563. The van der Waals surface area contributed by atoms with Crippen LogP contribution in [0.1, 0.15) is 18.4 Å². The van der Waals surface area contributed by atoms with Crippen LogP contribution in [-0.2, 0) is 26.2 Å². The zero-order chi connectivity index (χ0) is 26.7. The number of carboxylic acid groups (broad SMARTS) is 1. The molecule has 194 valence electrons. The van der Waals surface area contributed by atoms with Gasteiger partial charge in [0.05, 0.1) is 4.90 Å². The molecule has 0 saturated carbocycles. The molecule has 0 spiro atoms. The van der Waals surface area contributed by atoms with Gasteiger partial charge in [-0.1, -0.05) is 72.8 Å². The second-order valence-corrected chi connectivity index (χ2v) is 9.68. The molecule has 37 heavy (non-hydrogen) atoms. The van der Waals surface area contributed by atoms with E-state index in [4.69, 9.17) is 10.5 Å². The number of hydrogen-bond acceptors (Lipinski definition) is 6. The van der Waals surface area contributed by atoms with Gasteiger partial charge in [0.2, 0.25) is 5.96 Å². The lowest BCUT2D eigenvalue weighted by Crippen LogP contribution is -2.41. The Balaban J connectivity index is 1.46. The van der Waals surface area contributed by atoms with E-state index in [0.29, 0.717) is 0 Å². The number of amides is 1. The summed E-state index contributed by atoms with van der Waals surface area (Å²) in [6.07, 6.45) is -0.588. The first-order chi connectivity index (χ1) is 17.7. The summed E-state index contributed by atoms with van der Waals surface area (Å²) in [5.41, 5.74) is 8.32. The van der Waals surface area contributed by atoms with Crippen LogP contribution in [0.5, 0.6) is 0 Å². The van der Waals surface area contributed by atoms with Crippen molar-refractivity contribution in [2.24, 2.45) is 10.7 Å². The number of rotatable bonds is 11. The molecular weight excluding hydrogens is 496 g/mol. The zero-order valence-electron chi connectivity index (χ0n) is 19.9. The maximum absolute atomic E-state index is 12.6. The lowest BCUT2D eigenvalue weighted by molar-refractivity contribution is -0.139. The van der Waals surface area contributed by atoms with Gasteiger partial charge in [0.25, 0.3) is 10.0 Å². The molecule has 0 saturated heterocycles. The van der Waals surface area contributed by atoms with Crippen molar-refractivity contribution < 1.29 is 27.9 Å². The Kier molecular flexibility index (Phi) is 9.61. The lowest BCUT2D eigenvalue weighted by atomic mass is 10.1. The number of alkyl carbamates (subject to hydrolysis) is 1. The maximum Gasteiger partial charge on any atom is 0.408 e. The molecule has 5 N–H and O–H groups in total. The van der Waals surface area contributed by atoms with E-state index in [0.717, 1.165) is 16.7 Å². The fourth-order valence-electron chi connectivity index (χ4n) is 3.35. The number of carbonyl (C=O) groups excluding carboxylic acids is 1. The molecule has 0 aromatic heterocycles. The van der Waals surface area contributed by atoms with E-state index in [1.165, 1.54) is 12.1 Å². The summed E-state index contributed by atoms with van der Waals surface area (Å²) in [6, 6.07) is 23.6. The number of hydrogen-bond donors (Lipinski definition) is 4. The molecular formula is C26H28N4O6S. The lowest BCUT2D eigenvalue weighted by Gasteiger charge is -2.14. The molecule has 11 heteroatoms. The predicted octanol–water partition coefficient (Wildman–Crippen LogP) is 3.11. The fourth-order valence-corrected chi connectivity index (χ4v) is 4.30. The fraction of sp³-hybridized carbons (Fsp3) is 0.192. The highest BCUT2D eigenvalue weighted by atomic mass is 32.2. The van der Waals surface area contributed by atoms with Crippen LogP contribution in [0.4, 0.5) is 4.79 Å². The average molecular weight is 525 g/mol. The van der Waals surface area contributed by atoms with Crippen LogP contribution in [0, 0.1) is 0 Å². The Bertz CT molecular complexity index is 1310. The van der Waals surface area contributed by atoms with E-state index in [2.05, 4.69) is 15.0 Å². The summed E-state index contributed by atoms with van der Waals surface area (Å²) in [4.78, 5) is 27.4. The second kappa shape index (κ2) is 13.1. The first-order valence-corrected chi connectivity index (χ1v) is 12.9. The van der Waals surface area contributed by atoms with Crippen molar-refractivity contribution in [3.63, 3.8) is 0 Å². The number of sulfonamides is 1. The van der Waals surface area contributed by atoms with Crippen LogP contribution in [0.15, 0.2) is 94.8 Å². The molecule has 3 aromatic rings. The molecule has 3 rings (SSSR count). The number of nitrogens with one attached hydrogen (secondary N) is 2. The molecule has 1 atom stereocenters. The third kappa shape index (κ3) is 8.65. The van der Waals surface area contributed by atoms with Crippen molar-refractivity contribution in [3.05, 3.63) is 90.5 Å². The van der Waals surface area contributed by atoms with Gasteiger partial charge in [-0.15, -0.1) is 0 Å². The van der Waals surface area contributed by atoms with Crippen LogP contribution < -0.4 is 15.8 Å². The molecule has 10 nitrogen and oxygen atoms in total. The number of guanidine groups is 1. The monoisotopic (exact) mass is 524 g/mol. The van der Waals surface area contributed by atoms with E-state index >= 15 is 0 Å². The normalized spacial score (nSPS) is 12.4. The van der Waals surface area contributed by atoms with Crippen molar-refractivity contribution in [1.82, 2.24) is 10.0 Å². The zero-order valence-corrected chi connectivity index (χ0v) is 20.7. The highest BCUT2D eigenvalue weighted by molar-refractivity contribution is 7.90. The molecule has 0 bridgehead atoms. The van der Waals surface area contributed by atoms with Crippen LogP contribution in [0.25, 0.3) is 11.1 Å². The second-order valence-electron chi connectivity index (χ2n) is 8.00. The Morgan fingerprint density at radius 1 is 0.919 bits per heavy atom. The minimum atomic E-state index is -3.94. The van der Waals surface area contributed by atoms with Gasteiger partial charge in [0.15, 0.2) is 0 Å². The molecule has 0 unspecified atom stereocenters. The quantitative estimate of drug-likeness (QED) is 0.170. The van der Waals surface area contributed by atoms with Crippen LogP contribution in [0.2, 0.25) is 0 Å². The van der Waals surface area contributed by atoms with E-state index in [-0.39, 0.29) is 36.8 Å². The van der Waals surface area contributed by atoms with Gasteiger partial charge >= 0.3 is 12.1 Å². The van der Waals surface area contributed by atoms with E-state index in [9.17, 15) is 23.1 Å². The molecule has 0 aliphatic rings. The van der Waals surface area contributed by atoms with Crippen molar-refractivity contribution in [1.29, 1.82) is 0 Å². The number of nitrogens with zero attached hydrogens (tertiary/aromatic N) is 1. The van der Waals surface area contributed by atoms with Crippen molar-refractivity contribution >= 4 is 28.0 Å². The van der Waals surface area contributed by atoms with Crippen LogP contribution in [-0.4, -0.2) is 44.1 Å². The Morgan fingerprint density at radius 2 is 1.51 bits per heavy atom. The third-order valence-electron chi connectivity index (χ3n) is 5.25. The average Bonchev–Trinajstić information content (AvgIpc) is 2.90. The van der Waals surface area contributed by atoms with Crippen LogP contribution in [0.3, 0.4) is 0 Å². The van der Waals surface area contributed by atoms with E-state index in [1.54, 1.807) is 36.4 Å². The van der Waals surface area contributed by atoms with Gasteiger partial charge in [-0.05, 0) is 41.7 Å². The van der Waals surface area contributed by atoms with E-state index < -0.39 is 28.1 Å². The summed E-state index contributed by atoms with van der Waals surface area (Å²) in [5, 5.41) is 11.7. The summed E-state index contributed by atoms with van der Waals surface area (Å²) < 4.78 is 32.4. The number of carboxylic acids is 1. The predicted molar refractivity (Wildman–Crippen MR) is 139 cm³/mol. The van der Waals surface area contributed by atoms with Gasteiger partial charge in [-0.25, -0.2) is 22.7 Å². The molecule has 0 aliphatic heterocycles. The summed E-state index contributed by atoms with van der Waals surface area (Å²) >= 11 is 0. The van der Waals surface area contributed by atoms with Crippen molar-refractivity contribution in [3.8, 4) is 11.1 Å². The maximum atomic E-state index is 12.6. The first kappa shape index (κ1) is 27.2. The van der Waals surface area contributed by atoms with Gasteiger partial charge in [-0.3, -0.25) is 4.99 Å². The first-order valence-electron chi connectivity index (χ1n) is 11.4. The van der Waals surface area contributed by atoms with Gasteiger partial charge in [0.1, 0.15) is 12.6 Å². The Labute approximate surface area is 215 Å². The third-order valence-corrected chi connectivity index (χ3v) is 6.62. The number of benzene rings is 3. The SMILES string of the molecule is NC(=NCCC[C@H](NC(=O)OCc1ccccc1)C(=O)O)NS(=O)(=O)c1ccc(-c2ccccc2)cc1. The summed E-state index contributed by atoms with van der Waals surface area (Å²) in [5.74, 6) is -1.55. The molecule has 3 aromatic carbocycles. The number of ether oxygens (including phenoxy) is 1. The van der Waals surface area contributed by atoms with Crippen molar-refractivity contribution in [2.75, 3.05) is 6.54 Å². The topological polar surface area (TPSA) is 160 Å². The Hall–Kier alpha value is -4.38. The number of nitrogens with two attached hydrogens (primary N) is 1. The standard InChI is InChI=1S/C26H28N4O6S/c27-25(30-37(34,35)22-15-13-21(14-16-22)20-10-5-2-6-11-20)28-17-7-12-23(24(31)32)29-26(33)36-18-19-8-3-1-4-9-19/h1-6,8-11,13-16,23H,7,12,17-18H2,(H,29,33)(H,31,32)(H3,27,28,30)/t23-/m0/s1. The minimum absolute atomic E-state index is 0.00889. The van der Waals surface area contributed by atoms with E-state index in [1.807, 2.05) is 36.4 Å². The highest BCUT2D eigenvalue weighted by Crippen LogP contribution is 2.20. The smallest absolute Gasteiger partial charge is 0.408 e. The molecule has 0 fully saturated rings. The number of aliphatic imine (C=N–C) groups is 1. The minimum Gasteiger partial charge on any atom is -0.480 e. The molecule has 0 radical (unpaired) electrons. The van der Waals surface area contributed by atoms with Gasteiger partial charge < -0.3 is 20.9 Å². The van der Waals surface area contributed by atoms with Gasteiger partial charge in [-0.2, -0.15) is 0 Å². The van der Waals surface area contributed by atoms with Crippen LogP contribution >= 0.6 is 0 Å². The molecule has 1 amide bonds. The molecule has 0 aliphatic carbocycles. The molecule has 0 heterocycles. The van der Waals surface area contributed by atoms with Crippen molar-refractivity contribution in [2.45, 2.75) is 30.4 Å². The highest BCUT2D eigenvalue weighted by Gasteiger charge is 2.20. The number of aliphatic carboxylic acids is 1. The van der Waals surface area contributed by atoms with Gasteiger partial charge in [0, 0.05) is 6.54 Å². The largest absolute Gasteiger partial charge is 0.480 e. The Morgan fingerprint density at radius 3 is 2.14 bits per heavy atom. The summed E-state index contributed by atoms with van der Waals surface area (Å²) in [7, 11) is -3.94.